The van der Waals surface area contributed by atoms with Gasteiger partial charge >= 0.3 is 5.97 Å². The van der Waals surface area contributed by atoms with Gasteiger partial charge in [0.1, 0.15) is 11.9 Å². The first-order valence-electron chi connectivity index (χ1n) is 5.99. The zero-order valence-electron chi connectivity index (χ0n) is 11.2. The molecular formula is C11H22CaO5S. The largest absolute Gasteiger partial charge is 0.464 e. The molecule has 0 aliphatic carbocycles. The Bertz CT molecular complexity index is 315. The summed E-state index contributed by atoms with van der Waals surface area (Å²) in [7, 11) is -4.11. The van der Waals surface area contributed by atoms with Gasteiger partial charge in [0.05, 0.1) is 0 Å². The topological polar surface area (TPSA) is 80.7 Å². The fourth-order valence-corrected chi connectivity index (χ4v) is 1.48. The number of ether oxygens (including phenoxy) is 1. The van der Waals surface area contributed by atoms with Crippen LogP contribution in [0.15, 0.2) is 0 Å². The zero-order chi connectivity index (χ0) is 13.3. The number of rotatable bonds is 9. The summed E-state index contributed by atoms with van der Waals surface area (Å²) < 4.78 is 34.7. The van der Waals surface area contributed by atoms with Crippen molar-refractivity contribution >= 4 is 53.8 Å². The molecule has 0 amide bonds. The van der Waals surface area contributed by atoms with Gasteiger partial charge < -0.3 is 4.74 Å². The molecule has 1 N–H and O–H groups in total. The molecule has 7 heteroatoms. The van der Waals surface area contributed by atoms with Gasteiger partial charge in [-0.2, -0.15) is 8.42 Å². The van der Waals surface area contributed by atoms with E-state index in [9.17, 15) is 13.2 Å². The Morgan fingerprint density at radius 1 is 1.22 bits per heavy atom. The molecule has 18 heavy (non-hydrogen) atoms. The van der Waals surface area contributed by atoms with E-state index in [-0.39, 0.29) is 44.3 Å². The molecule has 0 saturated heterocycles. The summed E-state index contributed by atoms with van der Waals surface area (Å²) in [5, 5.41) is -1.06. The van der Waals surface area contributed by atoms with Gasteiger partial charge in [0.25, 0.3) is 10.1 Å². The van der Waals surface area contributed by atoms with E-state index in [1.54, 1.807) is 0 Å². The van der Waals surface area contributed by atoms with E-state index in [1.807, 2.05) is 0 Å². The summed E-state index contributed by atoms with van der Waals surface area (Å²) in [6.07, 6.45) is 5.47. The summed E-state index contributed by atoms with van der Waals surface area (Å²) in [4.78, 5) is 11.2. The van der Waals surface area contributed by atoms with Crippen LogP contribution in [0.4, 0.5) is 0 Å². The molecule has 1 unspecified atom stereocenters. The number of hydrogen-bond acceptors (Lipinski definition) is 4. The van der Waals surface area contributed by atoms with Crippen LogP contribution in [0.1, 0.15) is 52.4 Å². The second kappa shape index (κ2) is 11.5. The van der Waals surface area contributed by atoms with Crippen molar-refractivity contribution in [3.8, 4) is 0 Å². The van der Waals surface area contributed by atoms with E-state index >= 15 is 0 Å². The second-order valence-corrected chi connectivity index (χ2v) is 6.01. The minimum absolute atomic E-state index is 0. The molecule has 5 nitrogen and oxygen atoms in total. The van der Waals surface area contributed by atoms with E-state index in [0.717, 1.165) is 32.1 Å². The van der Waals surface area contributed by atoms with Gasteiger partial charge in [-0.05, 0) is 13.3 Å². The second-order valence-electron chi connectivity index (χ2n) is 4.17. The molecule has 104 valence electrons. The van der Waals surface area contributed by atoms with Crippen LogP contribution in [-0.4, -0.2) is 68.5 Å². The van der Waals surface area contributed by atoms with Crippen LogP contribution in [0.25, 0.3) is 0 Å². The predicted octanol–water partition coefficient (Wildman–Crippen LogP) is 1.79. The first-order chi connectivity index (χ1) is 7.88. The van der Waals surface area contributed by atoms with Crippen molar-refractivity contribution in [3.05, 3.63) is 0 Å². The van der Waals surface area contributed by atoms with Crippen LogP contribution in [-0.2, 0) is 19.6 Å². The van der Waals surface area contributed by atoms with E-state index in [4.69, 9.17) is 9.29 Å². The predicted molar refractivity (Wildman–Crippen MR) is 71.1 cm³/mol. The summed E-state index contributed by atoms with van der Waals surface area (Å²) in [5.41, 5.74) is 0. The fourth-order valence-electron chi connectivity index (χ4n) is 1.24. The minimum atomic E-state index is -4.11. The molecule has 2 radical (unpaired) electrons. The summed E-state index contributed by atoms with van der Waals surface area (Å²) in [6.45, 7) is 3.13. The number of esters is 1. The third-order valence-corrected chi connectivity index (χ3v) is 3.62. The smallest absolute Gasteiger partial charge is 0.305 e. The van der Waals surface area contributed by atoms with Gasteiger partial charge in [-0.1, -0.05) is 32.6 Å². The Morgan fingerprint density at radius 3 is 2.28 bits per heavy atom. The Labute approximate surface area is 139 Å². The van der Waals surface area contributed by atoms with E-state index < -0.39 is 21.3 Å². The number of hydrogen-bond donors (Lipinski definition) is 1. The molecule has 0 bridgehead atoms. The van der Waals surface area contributed by atoms with Crippen molar-refractivity contribution in [3.63, 3.8) is 0 Å². The molecule has 0 aromatic carbocycles. The van der Waals surface area contributed by atoms with Gasteiger partial charge in [-0.3, -0.25) is 9.35 Å². The van der Waals surface area contributed by atoms with Crippen molar-refractivity contribution in [2.24, 2.45) is 0 Å². The van der Waals surface area contributed by atoms with E-state index in [1.165, 1.54) is 6.92 Å². The van der Waals surface area contributed by atoms with Crippen LogP contribution < -0.4 is 0 Å². The van der Waals surface area contributed by atoms with Crippen molar-refractivity contribution in [2.75, 3.05) is 6.61 Å². The van der Waals surface area contributed by atoms with Gasteiger partial charge in [-0.15, -0.1) is 0 Å². The molecule has 0 aliphatic heterocycles. The maximum atomic E-state index is 11.2. The van der Waals surface area contributed by atoms with Gasteiger partial charge in [0.2, 0.25) is 0 Å². The van der Waals surface area contributed by atoms with Crippen LogP contribution in [0.3, 0.4) is 0 Å². The van der Waals surface area contributed by atoms with Crippen LogP contribution in [0.5, 0.6) is 0 Å². The molecule has 0 rings (SSSR count). The summed E-state index contributed by atoms with van der Waals surface area (Å²) in [5.74, 6) is -0.406. The molecule has 0 aromatic rings. The standard InChI is InChI=1S/C11H22O5S.Ca/c1-3-4-5-6-7-8-11(12)16-9-10(2)17(13,14)15;/h10H,3-9H2,1-2H3,(H,13,14,15);. The first kappa shape index (κ1) is 20.9. The Balaban J connectivity index is 0. The minimum Gasteiger partial charge on any atom is -0.464 e. The third kappa shape index (κ3) is 11.7. The quantitative estimate of drug-likeness (QED) is 0.304. The molecule has 0 heterocycles. The van der Waals surface area contributed by atoms with Gasteiger partial charge in [0, 0.05) is 44.2 Å². The zero-order valence-corrected chi connectivity index (χ0v) is 14.2. The van der Waals surface area contributed by atoms with Gasteiger partial charge in [-0.25, -0.2) is 0 Å². The van der Waals surface area contributed by atoms with Crippen LogP contribution in [0.2, 0.25) is 0 Å². The summed E-state index contributed by atoms with van der Waals surface area (Å²) >= 11 is 0. The van der Waals surface area contributed by atoms with Crippen molar-refractivity contribution in [2.45, 2.75) is 57.6 Å². The maximum Gasteiger partial charge on any atom is 0.305 e. The number of carbonyl (C=O) groups is 1. The van der Waals surface area contributed by atoms with Crippen LogP contribution >= 0.6 is 0 Å². The molecule has 0 spiro atoms. The van der Waals surface area contributed by atoms with Crippen molar-refractivity contribution < 1.29 is 22.5 Å². The maximum absolute atomic E-state index is 11.2. The van der Waals surface area contributed by atoms with Crippen LogP contribution in [0, 0.1) is 0 Å². The molecule has 0 aliphatic rings. The van der Waals surface area contributed by atoms with Crippen molar-refractivity contribution in [1.82, 2.24) is 0 Å². The Hall–Kier alpha value is 0.640. The Kier molecular flexibility index (Phi) is 13.3. The normalized spacial score (nSPS) is 12.6. The molecule has 0 aromatic heterocycles. The molecule has 0 saturated carbocycles. The molecular weight excluding hydrogens is 284 g/mol. The summed E-state index contributed by atoms with van der Waals surface area (Å²) in [6, 6.07) is 0. The monoisotopic (exact) mass is 306 g/mol. The fraction of sp³-hybridized carbons (Fsp3) is 0.909. The van der Waals surface area contributed by atoms with Gasteiger partial charge in [0.15, 0.2) is 0 Å². The number of unbranched alkanes of at least 4 members (excludes halogenated alkanes) is 4. The first-order valence-corrected chi connectivity index (χ1v) is 7.50. The third-order valence-electron chi connectivity index (χ3n) is 2.47. The number of carbonyl (C=O) groups excluding carboxylic acids is 1. The average molecular weight is 306 g/mol. The SMILES string of the molecule is CCCCCCCC(=O)OCC(C)S(=O)(=O)O.[Ca]. The Morgan fingerprint density at radius 2 is 1.78 bits per heavy atom. The van der Waals surface area contributed by atoms with E-state index in [2.05, 4.69) is 6.92 Å². The average Bonchev–Trinajstić information content (AvgIpc) is 2.24. The molecule has 1 atom stereocenters. The molecule has 0 fully saturated rings. The van der Waals surface area contributed by atoms with Crippen molar-refractivity contribution in [1.29, 1.82) is 0 Å². The van der Waals surface area contributed by atoms with E-state index in [0.29, 0.717) is 6.42 Å².